The van der Waals surface area contributed by atoms with Gasteiger partial charge in [0.1, 0.15) is 5.65 Å². The van der Waals surface area contributed by atoms with Crippen LogP contribution in [0, 0.1) is 0 Å². The summed E-state index contributed by atoms with van der Waals surface area (Å²) in [7, 11) is 0. The topological polar surface area (TPSA) is 41.8 Å². The van der Waals surface area contributed by atoms with E-state index in [4.69, 9.17) is 4.74 Å². The Morgan fingerprint density at radius 1 is 1.29 bits per heavy atom. The van der Waals surface area contributed by atoms with Crippen molar-refractivity contribution in [2.24, 2.45) is 0 Å². The molecule has 0 aromatic carbocycles. The molecule has 0 radical (unpaired) electrons. The SMILES string of the molecule is c1ccn2cc(CNN3CCOCC3)nc2c1. The van der Waals surface area contributed by atoms with E-state index in [0.717, 1.165) is 44.2 Å². The highest BCUT2D eigenvalue weighted by Crippen LogP contribution is 2.04. The number of hydrogen-bond donors (Lipinski definition) is 1. The van der Waals surface area contributed by atoms with Crippen LogP contribution in [0.25, 0.3) is 5.65 Å². The molecule has 5 heteroatoms. The van der Waals surface area contributed by atoms with E-state index in [1.165, 1.54) is 0 Å². The number of pyridine rings is 1. The zero-order chi connectivity index (χ0) is 11.5. The van der Waals surface area contributed by atoms with Crippen LogP contribution >= 0.6 is 0 Å². The van der Waals surface area contributed by atoms with Crippen LogP contribution in [-0.2, 0) is 11.3 Å². The van der Waals surface area contributed by atoms with Crippen LogP contribution in [0.3, 0.4) is 0 Å². The molecule has 0 atom stereocenters. The highest BCUT2D eigenvalue weighted by molar-refractivity contribution is 5.39. The third kappa shape index (κ3) is 2.46. The number of ether oxygens (including phenoxy) is 1. The van der Waals surface area contributed by atoms with E-state index < -0.39 is 0 Å². The Bertz CT molecular complexity index is 457. The van der Waals surface area contributed by atoms with Crippen molar-refractivity contribution in [3.63, 3.8) is 0 Å². The van der Waals surface area contributed by atoms with Gasteiger partial charge in [-0.25, -0.2) is 15.4 Å². The van der Waals surface area contributed by atoms with E-state index in [1.807, 2.05) is 28.8 Å². The Morgan fingerprint density at radius 3 is 3.00 bits per heavy atom. The number of nitrogens with zero attached hydrogens (tertiary/aromatic N) is 3. The van der Waals surface area contributed by atoms with Crippen LogP contribution in [0.5, 0.6) is 0 Å². The zero-order valence-electron chi connectivity index (χ0n) is 9.67. The summed E-state index contributed by atoms with van der Waals surface area (Å²) in [6.07, 6.45) is 4.07. The van der Waals surface area contributed by atoms with Gasteiger partial charge in [0.2, 0.25) is 0 Å². The van der Waals surface area contributed by atoms with Crippen LogP contribution in [0.2, 0.25) is 0 Å². The van der Waals surface area contributed by atoms with Crippen molar-refractivity contribution in [3.05, 3.63) is 36.3 Å². The standard InChI is InChI=1S/C12H16N4O/c1-2-4-15-10-11(14-12(15)3-1)9-13-16-5-7-17-8-6-16/h1-4,10,13H,5-9H2. The Hall–Kier alpha value is -1.43. The molecule has 1 aliphatic heterocycles. The molecule has 3 heterocycles. The largest absolute Gasteiger partial charge is 0.379 e. The van der Waals surface area contributed by atoms with Crippen molar-refractivity contribution in [2.75, 3.05) is 26.3 Å². The average Bonchev–Trinajstić information content (AvgIpc) is 2.80. The lowest BCUT2D eigenvalue weighted by Gasteiger charge is -2.26. The van der Waals surface area contributed by atoms with Gasteiger partial charge in [0.25, 0.3) is 0 Å². The maximum absolute atomic E-state index is 5.30. The molecule has 0 bridgehead atoms. The van der Waals surface area contributed by atoms with E-state index in [9.17, 15) is 0 Å². The summed E-state index contributed by atoms with van der Waals surface area (Å²) in [6, 6.07) is 6.02. The molecule has 0 unspecified atom stereocenters. The molecule has 0 saturated carbocycles. The van der Waals surface area contributed by atoms with E-state index in [2.05, 4.69) is 21.6 Å². The average molecular weight is 232 g/mol. The lowest BCUT2D eigenvalue weighted by Crippen LogP contribution is -2.45. The molecule has 0 spiro atoms. The summed E-state index contributed by atoms with van der Waals surface area (Å²) in [6.45, 7) is 4.25. The first-order chi connectivity index (χ1) is 8.42. The van der Waals surface area contributed by atoms with Crippen LogP contribution in [0.15, 0.2) is 30.6 Å². The van der Waals surface area contributed by atoms with Crippen molar-refractivity contribution in [2.45, 2.75) is 6.54 Å². The van der Waals surface area contributed by atoms with Gasteiger partial charge in [-0.05, 0) is 12.1 Å². The van der Waals surface area contributed by atoms with Gasteiger partial charge in [0.15, 0.2) is 0 Å². The van der Waals surface area contributed by atoms with Crippen LogP contribution in [-0.4, -0.2) is 40.7 Å². The number of imidazole rings is 1. The van der Waals surface area contributed by atoms with Crippen molar-refractivity contribution in [1.29, 1.82) is 0 Å². The predicted molar refractivity (Wildman–Crippen MR) is 64.4 cm³/mol. The predicted octanol–water partition coefficient (Wildman–Crippen LogP) is 0.671. The number of hydrogen-bond acceptors (Lipinski definition) is 4. The Balaban J connectivity index is 1.64. The third-order valence-corrected chi connectivity index (χ3v) is 2.91. The van der Waals surface area contributed by atoms with Crippen molar-refractivity contribution < 1.29 is 4.74 Å². The number of nitrogens with one attached hydrogen (secondary N) is 1. The van der Waals surface area contributed by atoms with Gasteiger partial charge in [-0.2, -0.15) is 0 Å². The van der Waals surface area contributed by atoms with Crippen molar-refractivity contribution >= 4 is 5.65 Å². The maximum atomic E-state index is 5.30. The molecule has 0 aliphatic carbocycles. The lowest BCUT2D eigenvalue weighted by molar-refractivity contribution is 0.0104. The van der Waals surface area contributed by atoms with Crippen LogP contribution < -0.4 is 5.43 Å². The second kappa shape index (κ2) is 4.83. The van der Waals surface area contributed by atoms with Gasteiger partial charge in [-0.15, -0.1) is 0 Å². The van der Waals surface area contributed by atoms with E-state index in [1.54, 1.807) is 0 Å². The summed E-state index contributed by atoms with van der Waals surface area (Å²) in [5.74, 6) is 0. The van der Waals surface area contributed by atoms with Gasteiger partial charge >= 0.3 is 0 Å². The fourth-order valence-corrected chi connectivity index (χ4v) is 1.99. The van der Waals surface area contributed by atoms with E-state index in [-0.39, 0.29) is 0 Å². The molecule has 2 aromatic rings. The summed E-state index contributed by atoms with van der Waals surface area (Å²) in [5, 5.41) is 2.19. The normalized spacial score (nSPS) is 17.6. The molecule has 0 amide bonds. The highest BCUT2D eigenvalue weighted by atomic mass is 16.5. The number of morpholine rings is 1. The van der Waals surface area contributed by atoms with Gasteiger partial charge in [-0.1, -0.05) is 6.07 Å². The Morgan fingerprint density at radius 2 is 2.18 bits per heavy atom. The minimum atomic E-state index is 0.766. The Labute approximate surface area is 100.0 Å². The lowest BCUT2D eigenvalue weighted by atomic mass is 10.4. The molecule has 1 fully saturated rings. The van der Waals surface area contributed by atoms with Crippen LogP contribution in [0.1, 0.15) is 5.69 Å². The maximum Gasteiger partial charge on any atom is 0.137 e. The molecule has 2 aromatic heterocycles. The first kappa shape index (κ1) is 10.7. The number of aromatic nitrogens is 2. The van der Waals surface area contributed by atoms with Crippen LogP contribution in [0.4, 0.5) is 0 Å². The zero-order valence-corrected chi connectivity index (χ0v) is 9.67. The molecular weight excluding hydrogens is 216 g/mol. The quantitative estimate of drug-likeness (QED) is 0.844. The van der Waals surface area contributed by atoms with Crippen molar-refractivity contribution in [1.82, 2.24) is 19.8 Å². The van der Waals surface area contributed by atoms with Gasteiger partial charge in [0, 0.05) is 25.5 Å². The molecule has 17 heavy (non-hydrogen) atoms. The van der Waals surface area contributed by atoms with Gasteiger partial charge in [-0.3, -0.25) is 0 Å². The first-order valence-corrected chi connectivity index (χ1v) is 5.91. The summed E-state index contributed by atoms with van der Waals surface area (Å²) in [5.41, 5.74) is 5.43. The summed E-state index contributed by atoms with van der Waals surface area (Å²) < 4.78 is 7.34. The molecule has 1 aliphatic rings. The number of fused-ring (bicyclic) bond motifs is 1. The second-order valence-electron chi connectivity index (χ2n) is 4.13. The third-order valence-electron chi connectivity index (χ3n) is 2.91. The molecular formula is C12H16N4O. The number of hydrazine groups is 1. The molecule has 5 nitrogen and oxygen atoms in total. The molecule has 1 N–H and O–H groups in total. The molecule has 1 saturated heterocycles. The van der Waals surface area contributed by atoms with Crippen molar-refractivity contribution in [3.8, 4) is 0 Å². The summed E-state index contributed by atoms with van der Waals surface area (Å²) in [4.78, 5) is 4.54. The minimum absolute atomic E-state index is 0.766. The fraction of sp³-hybridized carbons (Fsp3) is 0.417. The van der Waals surface area contributed by atoms with E-state index in [0.29, 0.717) is 0 Å². The second-order valence-corrected chi connectivity index (χ2v) is 4.13. The first-order valence-electron chi connectivity index (χ1n) is 5.91. The molecule has 90 valence electrons. The smallest absolute Gasteiger partial charge is 0.137 e. The highest BCUT2D eigenvalue weighted by Gasteiger charge is 2.10. The van der Waals surface area contributed by atoms with Gasteiger partial charge < -0.3 is 9.14 Å². The monoisotopic (exact) mass is 232 g/mol. The summed E-state index contributed by atoms with van der Waals surface area (Å²) >= 11 is 0. The van der Waals surface area contributed by atoms with E-state index >= 15 is 0 Å². The van der Waals surface area contributed by atoms with Gasteiger partial charge in [0.05, 0.1) is 25.5 Å². The minimum Gasteiger partial charge on any atom is -0.379 e. The number of rotatable bonds is 3. The molecule has 3 rings (SSSR count). The Kier molecular flexibility index (Phi) is 3.04. The fourth-order valence-electron chi connectivity index (χ4n) is 1.99.